The minimum absolute atomic E-state index is 0.0945. The molecule has 0 N–H and O–H groups in total. The molecule has 2 heterocycles. The topological polar surface area (TPSA) is 59.7 Å². The van der Waals surface area contributed by atoms with E-state index in [0.29, 0.717) is 18.0 Å². The zero-order valence-electron chi connectivity index (χ0n) is 19.5. The van der Waals surface area contributed by atoms with Gasteiger partial charge in [-0.2, -0.15) is 0 Å². The summed E-state index contributed by atoms with van der Waals surface area (Å²) in [7, 11) is 1.90. The van der Waals surface area contributed by atoms with Crippen molar-refractivity contribution in [2.45, 2.75) is 25.5 Å². The van der Waals surface area contributed by atoms with Crippen LogP contribution in [0, 0.1) is 11.6 Å². The lowest BCUT2D eigenvalue weighted by Crippen LogP contribution is -2.30. The van der Waals surface area contributed by atoms with Crippen LogP contribution in [0.4, 0.5) is 8.78 Å². The summed E-state index contributed by atoms with van der Waals surface area (Å²) >= 11 is 0. The van der Waals surface area contributed by atoms with Gasteiger partial charge in [0.05, 0.1) is 23.6 Å². The molecule has 3 aromatic rings. The standard InChI is InChI=1S/C27H26F2N4O2/c1-4-24(34)33-15-7-10-22(33)27-31-26(23(32(27)3)16-30-5-2)18-11-13-20(14-12-18)35-17-19-8-6-9-21(28)25(19)29/h4-6,8-9,11-14,16,22H,1-2,7,10,15,17H2,3H3/t22-/m0/s1. The molecule has 0 spiro atoms. The molecule has 0 bridgehead atoms. The minimum atomic E-state index is -0.910. The number of imidazole rings is 1. The number of aromatic nitrogens is 2. The van der Waals surface area contributed by atoms with Crippen LogP contribution in [-0.4, -0.2) is 33.1 Å². The number of nitrogens with zero attached hydrogens (tertiary/aromatic N) is 4. The number of aliphatic imine (C=N–C) groups is 1. The highest BCUT2D eigenvalue weighted by Gasteiger charge is 2.33. The summed E-state index contributed by atoms with van der Waals surface area (Å²) in [5, 5.41) is 0. The van der Waals surface area contributed by atoms with Crippen molar-refractivity contribution in [1.82, 2.24) is 14.5 Å². The van der Waals surface area contributed by atoms with E-state index in [9.17, 15) is 13.6 Å². The number of carbonyl (C=O) groups excluding carboxylic acids is 1. The van der Waals surface area contributed by atoms with Crippen molar-refractivity contribution in [2.24, 2.45) is 12.0 Å². The van der Waals surface area contributed by atoms with Crippen LogP contribution in [0.25, 0.3) is 11.3 Å². The third-order valence-corrected chi connectivity index (χ3v) is 6.04. The summed E-state index contributed by atoms with van der Waals surface area (Å²) in [6.07, 6.45) is 6.16. The first-order chi connectivity index (χ1) is 16.9. The zero-order valence-corrected chi connectivity index (χ0v) is 19.5. The van der Waals surface area contributed by atoms with E-state index in [-0.39, 0.29) is 24.1 Å². The van der Waals surface area contributed by atoms with Crippen LogP contribution < -0.4 is 4.74 Å². The second-order valence-corrected chi connectivity index (χ2v) is 8.14. The molecule has 6 nitrogen and oxygen atoms in total. The molecule has 2 aromatic carbocycles. The summed E-state index contributed by atoms with van der Waals surface area (Å²) in [5.41, 5.74) is 2.44. The predicted molar refractivity (Wildman–Crippen MR) is 131 cm³/mol. The second-order valence-electron chi connectivity index (χ2n) is 8.14. The average Bonchev–Trinajstić information content (AvgIpc) is 3.48. The molecule has 0 saturated carbocycles. The maximum Gasteiger partial charge on any atom is 0.246 e. The van der Waals surface area contributed by atoms with Gasteiger partial charge in [-0.25, -0.2) is 13.8 Å². The van der Waals surface area contributed by atoms with Crippen LogP contribution in [0.5, 0.6) is 5.75 Å². The number of ether oxygens (including phenoxy) is 1. The molecule has 0 unspecified atom stereocenters. The Kier molecular flexibility index (Phi) is 7.19. The first-order valence-corrected chi connectivity index (χ1v) is 11.2. The van der Waals surface area contributed by atoms with Crippen molar-refractivity contribution in [2.75, 3.05) is 6.54 Å². The van der Waals surface area contributed by atoms with E-state index in [1.807, 2.05) is 23.7 Å². The fourth-order valence-corrected chi connectivity index (χ4v) is 4.26. The summed E-state index contributed by atoms with van der Waals surface area (Å²) < 4.78 is 34.9. The smallest absolute Gasteiger partial charge is 0.246 e. The first kappa shape index (κ1) is 24.1. The Morgan fingerprint density at radius 3 is 2.71 bits per heavy atom. The van der Waals surface area contributed by atoms with Gasteiger partial charge in [-0.3, -0.25) is 9.79 Å². The lowest BCUT2D eigenvalue weighted by Gasteiger charge is -2.23. The third-order valence-electron chi connectivity index (χ3n) is 6.04. The third kappa shape index (κ3) is 4.91. The van der Waals surface area contributed by atoms with E-state index in [2.05, 4.69) is 18.2 Å². The average molecular weight is 477 g/mol. The number of carbonyl (C=O) groups is 1. The fourth-order valence-electron chi connectivity index (χ4n) is 4.26. The molecule has 1 aliphatic rings. The van der Waals surface area contributed by atoms with Gasteiger partial charge in [0, 0.05) is 30.9 Å². The minimum Gasteiger partial charge on any atom is -0.489 e. The number of benzene rings is 2. The Morgan fingerprint density at radius 1 is 1.23 bits per heavy atom. The van der Waals surface area contributed by atoms with E-state index >= 15 is 0 Å². The highest BCUT2D eigenvalue weighted by atomic mass is 19.2. The van der Waals surface area contributed by atoms with Crippen molar-refractivity contribution < 1.29 is 18.3 Å². The van der Waals surface area contributed by atoms with Gasteiger partial charge in [0.25, 0.3) is 0 Å². The summed E-state index contributed by atoms with van der Waals surface area (Å²) in [6.45, 7) is 7.83. The van der Waals surface area contributed by atoms with Gasteiger partial charge in [-0.05, 0) is 49.2 Å². The van der Waals surface area contributed by atoms with Gasteiger partial charge in [0.15, 0.2) is 11.6 Å². The van der Waals surface area contributed by atoms with Gasteiger partial charge in [-0.15, -0.1) is 0 Å². The number of hydrogen-bond acceptors (Lipinski definition) is 4. The van der Waals surface area contributed by atoms with Gasteiger partial charge < -0.3 is 14.2 Å². The molecule has 0 aliphatic carbocycles. The maximum atomic E-state index is 13.9. The van der Waals surface area contributed by atoms with Gasteiger partial charge in [0.2, 0.25) is 5.91 Å². The maximum absolute atomic E-state index is 13.9. The second kappa shape index (κ2) is 10.5. The lowest BCUT2D eigenvalue weighted by molar-refractivity contribution is -0.127. The van der Waals surface area contributed by atoms with Crippen molar-refractivity contribution in [1.29, 1.82) is 0 Å². The van der Waals surface area contributed by atoms with Crippen LogP contribution in [-0.2, 0) is 18.4 Å². The molecule has 0 radical (unpaired) electrons. The van der Waals surface area contributed by atoms with Crippen LogP contribution in [0.1, 0.15) is 36.0 Å². The molecule has 1 atom stereocenters. The Morgan fingerprint density at radius 2 is 2.00 bits per heavy atom. The number of amides is 1. The van der Waals surface area contributed by atoms with Gasteiger partial charge in [0.1, 0.15) is 18.2 Å². The molecule has 4 rings (SSSR count). The Balaban J connectivity index is 1.62. The summed E-state index contributed by atoms with van der Waals surface area (Å²) in [6, 6.07) is 11.0. The number of rotatable bonds is 8. The molecule has 1 saturated heterocycles. The van der Waals surface area contributed by atoms with E-state index < -0.39 is 11.6 Å². The molecule has 180 valence electrons. The van der Waals surface area contributed by atoms with Crippen LogP contribution in [0.3, 0.4) is 0 Å². The normalized spacial score (nSPS) is 15.5. The van der Waals surface area contributed by atoms with Crippen LogP contribution in [0.15, 0.2) is 72.9 Å². The molecule has 1 aromatic heterocycles. The molecule has 1 aliphatic heterocycles. The quantitative estimate of drug-likeness (QED) is 0.325. The summed E-state index contributed by atoms with van der Waals surface area (Å²) in [5.74, 6) is -0.660. The van der Waals surface area contributed by atoms with Crippen molar-refractivity contribution in [3.63, 3.8) is 0 Å². The Bertz CT molecular complexity index is 1280. The van der Waals surface area contributed by atoms with Gasteiger partial charge in [-0.1, -0.05) is 25.3 Å². The number of halogens is 2. The van der Waals surface area contributed by atoms with Crippen LogP contribution in [0.2, 0.25) is 0 Å². The zero-order chi connectivity index (χ0) is 24.9. The van der Waals surface area contributed by atoms with E-state index in [1.165, 1.54) is 24.4 Å². The molecule has 8 heteroatoms. The Labute approximate surface area is 202 Å². The summed E-state index contributed by atoms with van der Waals surface area (Å²) in [4.78, 5) is 23.2. The number of hydrogen-bond donors (Lipinski definition) is 0. The predicted octanol–water partition coefficient (Wildman–Crippen LogP) is 5.36. The van der Waals surface area contributed by atoms with E-state index in [0.717, 1.165) is 36.0 Å². The molecule has 35 heavy (non-hydrogen) atoms. The highest BCUT2D eigenvalue weighted by Crippen LogP contribution is 2.35. The SMILES string of the molecule is C=CN=Cc1c(-c2ccc(OCc3cccc(F)c3F)cc2)nc([C@@H]2CCCN2C(=O)C=C)n1C. The fraction of sp³-hybridized carbons (Fsp3) is 0.222. The largest absolute Gasteiger partial charge is 0.489 e. The van der Waals surface area contributed by atoms with Crippen molar-refractivity contribution >= 4 is 12.1 Å². The van der Waals surface area contributed by atoms with Crippen LogP contribution >= 0.6 is 0 Å². The highest BCUT2D eigenvalue weighted by molar-refractivity contribution is 5.89. The number of likely N-dealkylation sites (tertiary alicyclic amines) is 1. The van der Waals surface area contributed by atoms with Crippen molar-refractivity contribution in [3.8, 4) is 17.0 Å². The van der Waals surface area contributed by atoms with Gasteiger partial charge >= 0.3 is 0 Å². The van der Waals surface area contributed by atoms with E-state index in [1.54, 1.807) is 23.2 Å². The molecular weight excluding hydrogens is 450 g/mol. The van der Waals surface area contributed by atoms with E-state index in [4.69, 9.17) is 9.72 Å². The molecular formula is C27H26F2N4O2. The van der Waals surface area contributed by atoms with Crippen molar-refractivity contribution in [3.05, 3.63) is 96.6 Å². The molecule has 1 amide bonds. The Hall–Kier alpha value is -4.07. The first-order valence-electron chi connectivity index (χ1n) is 11.2. The molecule has 1 fully saturated rings. The monoisotopic (exact) mass is 476 g/mol. The lowest BCUT2D eigenvalue weighted by atomic mass is 10.1.